The summed E-state index contributed by atoms with van der Waals surface area (Å²) >= 11 is 0. The van der Waals surface area contributed by atoms with E-state index in [0.717, 1.165) is 57.9 Å². The lowest BCUT2D eigenvalue weighted by molar-refractivity contribution is -0.137. The highest BCUT2D eigenvalue weighted by atomic mass is 16.4. The number of carbonyl (C=O) groups excluding carboxylic acids is 1. The van der Waals surface area contributed by atoms with Gasteiger partial charge in [0.15, 0.2) is 0 Å². The number of unbranched alkanes of at least 4 members (excludes halogenated alkanes) is 3. The van der Waals surface area contributed by atoms with Gasteiger partial charge in [0.1, 0.15) is 0 Å². The molecule has 0 rings (SSSR count). The molecule has 0 aromatic heterocycles. The van der Waals surface area contributed by atoms with Crippen LogP contribution in [-0.2, 0) is 9.59 Å². The van der Waals surface area contributed by atoms with Crippen LogP contribution in [-0.4, -0.2) is 35.5 Å². The maximum atomic E-state index is 12.0. The fourth-order valence-corrected chi connectivity index (χ4v) is 2.40. The zero-order valence-electron chi connectivity index (χ0n) is 16.2. The van der Waals surface area contributed by atoms with Crippen LogP contribution in [0, 0.1) is 17.8 Å². The molecule has 0 bridgehead atoms. The molecule has 0 saturated heterocycles. The molecule has 0 fully saturated rings. The molecule has 0 aliphatic heterocycles. The number of aliphatic carboxylic acids is 1. The molecule has 142 valence electrons. The van der Waals surface area contributed by atoms with Gasteiger partial charge in [-0.3, -0.25) is 9.59 Å². The molecule has 0 aromatic rings. The Kier molecular flexibility index (Phi) is 14.6. The SMILES string of the molecule is CCC#CCC(C)C/C=C/CCC(=O)N(C)CCCCCCC(=O)O. The molecule has 0 aromatic carbocycles. The Labute approximate surface area is 153 Å². The average molecular weight is 350 g/mol. The Morgan fingerprint density at radius 3 is 2.48 bits per heavy atom. The van der Waals surface area contributed by atoms with Gasteiger partial charge in [-0.15, -0.1) is 11.8 Å². The number of amides is 1. The minimum absolute atomic E-state index is 0.178. The summed E-state index contributed by atoms with van der Waals surface area (Å²) in [6.45, 7) is 5.01. The van der Waals surface area contributed by atoms with Gasteiger partial charge in [-0.05, 0) is 31.6 Å². The summed E-state index contributed by atoms with van der Waals surface area (Å²) in [5.74, 6) is 6.27. The topological polar surface area (TPSA) is 57.6 Å². The first-order chi connectivity index (χ1) is 12.0. The predicted octanol–water partition coefficient (Wildman–Crippen LogP) is 4.65. The third-order valence-corrected chi connectivity index (χ3v) is 4.04. The lowest BCUT2D eigenvalue weighted by Crippen LogP contribution is -2.27. The van der Waals surface area contributed by atoms with E-state index in [2.05, 4.69) is 37.8 Å². The first-order valence-electron chi connectivity index (χ1n) is 9.53. The molecule has 0 aliphatic rings. The summed E-state index contributed by atoms with van der Waals surface area (Å²) in [6.07, 6.45) is 12.3. The lowest BCUT2D eigenvalue weighted by atomic mass is 10.0. The van der Waals surface area contributed by atoms with Crippen LogP contribution in [0.25, 0.3) is 0 Å². The molecule has 0 radical (unpaired) electrons. The fraction of sp³-hybridized carbons (Fsp3) is 0.714. The molecular formula is C21H35NO3. The van der Waals surface area contributed by atoms with Gasteiger partial charge in [0.05, 0.1) is 0 Å². The Hall–Kier alpha value is -1.76. The van der Waals surface area contributed by atoms with Crippen LogP contribution < -0.4 is 0 Å². The van der Waals surface area contributed by atoms with Crippen molar-refractivity contribution in [2.75, 3.05) is 13.6 Å². The van der Waals surface area contributed by atoms with Crippen molar-refractivity contribution in [1.29, 1.82) is 0 Å². The van der Waals surface area contributed by atoms with Gasteiger partial charge in [-0.25, -0.2) is 0 Å². The number of carboxylic acid groups (broad SMARTS) is 1. The highest BCUT2D eigenvalue weighted by Crippen LogP contribution is 2.09. The van der Waals surface area contributed by atoms with E-state index in [9.17, 15) is 9.59 Å². The number of carbonyl (C=O) groups is 2. The van der Waals surface area contributed by atoms with Crippen LogP contribution in [0.5, 0.6) is 0 Å². The highest BCUT2D eigenvalue weighted by molar-refractivity contribution is 5.75. The zero-order chi connectivity index (χ0) is 18.9. The van der Waals surface area contributed by atoms with E-state index in [4.69, 9.17) is 5.11 Å². The Bertz CT molecular complexity index is 459. The summed E-state index contributed by atoms with van der Waals surface area (Å²) in [5, 5.41) is 8.57. The van der Waals surface area contributed by atoms with Crippen LogP contribution in [0.15, 0.2) is 12.2 Å². The van der Waals surface area contributed by atoms with Crippen molar-refractivity contribution in [3.8, 4) is 11.8 Å². The third-order valence-electron chi connectivity index (χ3n) is 4.04. The quantitative estimate of drug-likeness (QED) is 0.299. The second-order valence-electron chi connectivity index (χ2n) is 6.64. The second kappa shape index (κ2) is 15.7. The standard InChI is InChI=1S/C21H35NO3/c1-4-5-9-14-19(2)15-10-8-11-16-20(23)22(3)18-13-7-6-12-17-21(24)25/h8,10,19H,4,6-7,11-18H2,1-3H3,(H,24,25)/b10-8+. The smallest absolute Gasteiger partial charge is 0.303 e. The molecule has 0 spiro atoms. The van der Waals surface area contributed by atoms with E-state index < -0.39 is 5.97 Å². The number of carboxylic acids is 1. The predicted molar refractivity (Wildman–Crippen MR) is 103 cm³/mol. The van der Waals surface area contributed by atoms with Crippen molar-refractivity contribution in [2.45, 2.75) is 78.1 Å². The van der Waals surface area contributed by atoms with Gasteiger partial charge >= 0.3 is 5.97 Å². The molecule has 25 heavy (non-hydrogen) atoms. The van der Waals surface area contributed by atoms with E-state index in [0.29, 0.717) is 12.3 Å². The van der Waals surface area contributed by atoms with Crippen molar-refractivity contribution >= 4 is 11.9 Å². The van der Waals surface area contributed by atoms with Crippen molar-refractivity contribution in [1.82, 2.24) is 4.90 Å². The van der Waals surface area contributed by atoms with Gasteiger partial charge in [0, 0.05) is 39.3 Å². The summed E-state index contributed by atoms with van der Waals surface area (Å²) in [6, 6.07) is 0. The molecule has 0 aliphatic carbocycles. The Morgan fingerprint density at radius 1 is 1.08 bits per heavy atom. The van der Waals surface area contributed by atoms with Crippen LogP contribution in [0.4, 0.5) is 0 Å². The normalized spacial score (nSPS) is 11.8. The van der Waals surface area contributed by atoms with Crippen LogP contribution in [0.3, 0.4) is 0 Å². The number of allylic oxidation sites excluding steroid dienone is 2. The molecule has 0 saturated carbocycles. The fourth-order valence-electron chi connectivity index (χ4n) is 2.40. The van der Waals surface area contributed by atoms with Gasteiger partial charge < -0.3 is 10.0 Å². The van der Waals surface area contributed by atoms with E-state index in [1.807, 2.05) is 7.05 Å². The van der Waals surface area contributed by atoms with Gasteiger partial charge in [-0.1, -0.05) is 38.8 Å². The average Bonchev–Trinajstić information content (AvgIpc) is 2.57. The summed E-state index contributed by atoms with van der Waals surface area (Å²) in [5.41, 5.74) is 0. The van der Waals surface area contributed by atoms with Crippen molar-refractivity contribution in [2.24, 2.45) is 5.92 Å². The number of hydrogen-bond donors (Lipinski definition) is 1. The zero-order valence-corrected chi connectivity index (χ0v) is 16.2. The van der Waals surface area contributed by atoms with Gasteiger partial charge in [-0.2, -0.15) is 0 Å². The summed E-state index contributed by atoms with van der Waals surface area (Å²) < 4.78 is 0. The molecule has 1 amide bonds. The van der Waals surface area contributed by atoms with Crippen LogP contribution >= 0.6 is 0 Å². The third kappa shape index (κ3) is 15.5. The largest absolute Gasteiger partial charge is 0.481 e. The summed E-state index contributed by atoms with van der Waals surface area (Å²) in [7, 11) is 1.85. The molecule has 4 heteroatoms. The van der Waals surface area contributed by atoms with Gasteiger partial charge in [0.25, 0.3) is 0 Å². The number of rotatable bonds is 13. The Morgan fingerprint density at radius 2 is 1.80 bits per heavy atom. The maximum absolute atomic E-state index is 12.0. The molecule has 1 atom stereocenters. The lowest BCUT2D eigenvalue weighted by Gasteiger charge is -2.16. The minimum atomic E-state index is -0.733. The highest BCUT2D eigenvalue weighted by Gasteiger charge is 2.07. The molecular weight excluding hydrogens is 314 g/mol. The summed E-state index contributed by atoms with van der Waals surface area (Å²) in [4.78, 5) is 24.2. The van der Waals surface area contributed by atoms with Crippen LogP contribution in [0.2, 0.25) is 0 Å². The monoisotopic (exact) mass is 349 g/mol. The molecule has 4 nitrogen and oxygen atoms in total. The maximum Gasteiger partial charge on any atom is 0.303 e. The molecule has 0 heterocycles. The van der Waals surface area contributed by atoms with E-state index in [1.54, 1.807) is 4.90 Å². The van der Waals surface area contributed by atoms with Gasteiger partial charge in [0.2, 0.25) is 5.91 Å². The number of hydrogen-bond acceptors (Lipinski definition) is 2. The molecule has 1 unspecified atom stereocenters. The molecule has 1 N–H and O–H groups in total. The van der Waals surface area contributed by atoms with Crippen molar-refractivity contribution < 1.29 is 14.7 Å². The van der Waals surface area contributed by atoms with Crippen molar-refractivity contribution in [3.05, 3.63) is 12.2 Å². The first-order valence-corrected chi connectivity index (χ1v) is 9.53. The van der Waals surface area contributed by atoms with Crippen molar-refractivity contribution in [3.63, 3.8) is 0 Å². The van der Waals surface area contributed by atoms with Crippen LogP contribution in [0.1, 0.15) is 78.1 Å². The Balaban J connectivity index is 3.69. The second-order valence-corrected chi connectivity index (χ2v) is 6.64. The first kappa shape index (κ1) is 23.2. The van der Waals surface area contributed by atoms with E-state index in [-0.39, 0.29) is 12.3 Å². The number of nitrogens with zero attached hydrogens (tertiary/aromatic N) is 1. The minimum Gasteiger partial charge on any atom is -0.481 e. The van der Waals surface area contributed by atoms with E-state index >= 15 is 0 Å². The van der Waals surface area contributed by atoms with E-state index in [1.165, 1.54) is 0 Å².